The summed E-state index contributed by atoms with van der Waals surface area (Å²) in [6, 6.07) is 8.51. The van der Waals surface area contributed by atoms with Gasteiger partial charge in [0.1, 0.15) is 11.3 Å². The lowest BCUT2D eigenvalue weighted by molar-refractivity contribution is -0.137. The van der Waals surface area contributed by atoms with E-state index >= 15 is 0 Å². The van der Waals surface area contributed by atoms with E-state index in [0.29, 0.717) is 16.6 Å². The summed E-state index contributed by atoms with van der Waals surface area (Å²) in [4.78, 5) is 30.5. The summed E-state index contributed by atoms with van der Waals surface area (Å²) < 4.78 is 14.6. The van der Waals surface area contributed by atoms with E-state index in [1.165, 1.54) is 12.4 Å². The van der Waals surface area contributed by atoms with Crippen LogP contribution in [0.3, 0.4) is 0 Å². The SMILES string of the molecule is O=C(O)CC(NC(=O)c1cc(F)cc2[nH]cnc12)c1ccc(Br)cc1. The molecule has 0 bridgehead atoms. The number of carboxylic acid groups (broad SMARTS) is 1. The Kier molecular flexibility index (Phi) is 4.80. The van der Waals surface area contributed by atoms with Crippen molar-refractivity contribution in [2.45, 2.75) is 12.5 Å². The number of nitrogens with one attached hydrogen (secondary N) is 2. The Hall–Kier alpha value is -2.74. The van der Waals surface area contributed by atoms with E-state index in [4.69, 9.17) is 5.11 Å². The van der Waals surface area contributed by atoms with Gasteiger partial charge in [-0.15, -0.1) is 0 Å². The summed E-state index contributed by atoms with van der Waals surface area (Å²) in [5.41, 5.74) is 1.39. The number of rotatable bonds is 5. The van der Waals surface area contributed by atoms with Crippen LogP contribution < -0.4 is 5.32 Å². The number of aliphatic carboxylic acids is 1. The number of halogens is 2. The van der Waals surface area contributed by atoms with Crippen molar-refractivity contribution in [2.75, 3.05) is 0 Å². The molecule has 3 aromatic rings. The minimum Gasteiger partial charge on any atom is -0.481 e. The highest BCUT2D eigenvalue weighted by molar-refractivity contribution is 9.10. The lowest BCUT2D eigenvalue weighted by atomic mass is 10.0. The smallest absolute Gasteiger partial charge is 0.305 e. The molecule has 2 aromatic carbocycles. The topological polar surface area (TPSA) is 95.1 Å². The van der Waals surface area contributed by atoms with Crippen molar-refractivity contribution in [3.05, 3.63) is 64.1 Å². The van der Waals surface area contributed by atoms with Crippen LogP contribution in [0.1, 0.15) is 28.4 Å². The van der Waals surface area contributed by atoms with Gasteiger partial charge in [0.15, 0.2) is 0 Å². The van der Waals surface area contributed by atoms with Gasteiger partial charge in [-0.25, -0.2) is 9.37 Å². The van der Waals surface area contributed by atoms with Gasteiger partial charge in [-0.1, -0.05) is 28.1 Å². The Balaban J connectivity index is 1.92. The van der Waals surface area contributed by atoms with Gasteiger partial charge in [0.2, 0.25) is 0 Å². The Morgan fingerprint density at radius 1 is 1.28 bits per heavy atom. The number of imidazole rings is 1. The molecule has 1 unspecified atom stereocenters. The monoisotopic (exact) mass is 405 g/mol. The van der Waals surface area contributed by atoms with Crippen molar-refractivity contribution in [3.63, 3.8) is 0 Å². The molecule has 0 fully saturated rings. The van der Waals surface area contributed by atoms with Crippen molar-refractivity contribution in [3.8, 4) is 0 Å². The number of carboxylic acids is 1. The molecular weight excluding hydrogens is 393 g/mol. The Morgan fingerprint density at radius 3 is 2.68 bits per heavy atom. The molecule has 8 heteroatoms. The first kappa shape index (κ1) is 17.1. The zero-order valence-corrected chi connectivity index (χ0v) is 14.4. The number of aromatic amines is 1. The lowest BCUT2D eigenvalue weighted by Crippen LogP contribution is -2.30. The van der Waals surface area contributed by atoms with Crippen LogP contribution in [0.5, 0.6) is 0 Å². The van der Waals surface area contributed by atoms with Gasteiger partial charge in [-0.05, 0) is 29.8 Å². The molecule has 6 nitrogen and oxygen atoms in total. The molecule has 0 saturated heterocycles. The number of nitrogens with zero attached hydrogens (tertiary/aromatic N) is 1. The van der Waals surface area contributed by atoms with Gasteiger partial charge in [0, 0.05) is 4.47 Å². The van der Waals surface area contributed by atoms with E-state index in [1.54, 1.807) is 24.3 Å². The van der Waals surface area contributed by atoms with Crippen LogP contribution in [0.15, 0.2) is 47.2 Å². The number of hydrogen-bond acceptors (Lipinski definition) is 3. The minimum atomic E-state index is -1.06. The van der Waals surface area contributed by atoms with Crippen LogP contribution >= 0.6 is 15.9 Å². The third kappa shape index (κ3) is 3.85. The summed E-state index contributed by atoms with van der Waals surface area (Å²) in [5.74, 6) is -2.23. The Labute approximate surface area is 150 Å². The number of fused-ring (bicyclic) bond motifs is 1. The molecule has 3 N–H and O–H groups in total. The summed E-state index contributed by atoms with van der Waals surface area (Å²) >= 11 is 3.31. The Morgan fingerprint density at radius 2 is 2.00 bits per heavy atom. The van der Waals surface area contributed by atoms with E-state index in [1.807, 2.05) is 0 Å². The van der Waals surface area contributed by atoms with E-state index in [2.05, 4.69) is 31.2 Å². The third-order valence-electron chi connectivity index (χ3n) is 3.69. The van der Waals surface area contributed by atoms with Crippen molar-refractivity contribution in [1.82, 2.24) is 15.3 Å². The maximum Gasteiger partial charge on any atom is 0.305 e. The summed E-state index contributed by atoms with van der Waals surface area (Å²) in [6.07, 6.45) is 1.07. The summed E-state index contributed by atoms with van der Waals surface area (Å²) in [7, 11) is 0. The van der Waals surface area contributed by atoms with Gasteiger partial charge in [-0.2, -0.15) is 0 Å². The lowest BCUT2D eigenvalue weighted by Gasteiger charge is -2.18. The zero-order chi connectivity index (χ0) is 18.0. The molecule has 0 saturated carbocycles. The van der Waals surface area contributed by atoms with Gasteiger partial charge < -0.3 is 15.4 Å². The molecule has 1 atom stereocenters. The standard InChI is InChI=1S/C17H13BrFN3O3/c18-10-3-1-9(2-4-10)13(7-15(23)24)22-17(25)12-5-11(19)6-14-16(12)21-8-20-14/h1-6,8,13H,7H2,(H,20,21)(H,22,25)(H,23,24). The van der Waals surface area contributed by atoms with Crippen LogP contribution in [0, 0.1) is 5.82 Å². The summed E-state index contributed by atoms with van der Waals surface area (Å²) in [6.45, 7) is 0. The molecule has 3 rings (SSSR count). The zero-order valence-electron chi connectivity index (χ0n) is 12.8. The van der Waals surface area contributed by atoms with E-state index < -0.39 is 23.7 Å². The highest BCUT2D eigenvalue weighted by atomic mass is 79.9. The quantitative estimate of drug-likeness (QED) is 0.605. The van der Waals surface area contributed by atoms with E-state index in [9.17, 15) is 14.0 Å². The van der Waals surface area contributed by atoms with Gasteiger partial charge in [-0.3, -0.25) is 9.59 Å². The average Bonchev–Trinajstić information content (AvgIpc) is 3.01. The number of benzene rings is 2. The molecule has 0 aliphatic carbocycles. The minimum absolute atomic E-state index is 0.0451. The molecule has 1 aromatic heterocycles. The van der Waals surface area contributed by atoms with E-state index in [-0.39, 0.29) is 12.0 Å². The van der Waals surface area contributed by atoms with Crippen molar-refractivity contribution >= 4 is 38.8 Å². The number of carbonyl (C=O) groups is 2. The van der Waals surface area contributed by atoms with Crippen molar-refractivity contribution < 1.29 is 19.1 Å². The van der Waals surface area contributed by atoms with Crippen LogP contribution in [-0.2, 0) is 4.79 Å². The normalized spacial score (nSPS) is 12.1. The molecule has 0 spiro atoms. The molecule has 0 radical (unpaired) electrons. The second kappa shape index (κ2) is 7.02. The number of hydrogen-bond donors (Lipinski definition) is 3. The maximum atomic E-state index is 13.7. The second-order valence-electron chi connectivity index (χ2n) is 5.43. The third-order valence-corrected chi connectivity index (χ3v) is 4.22. The molecule has 128 valence electrons. The average molecular weight is 406 g/mol. The summed E-state index contributed by atoms with van der Waals surface area (Å²) in [5, 5.41) is 11.8. The molecule has 0 aliphatic rings. The maximum absolute atomic E-state index is 13.7. The van der Waals surface area contributed by atoms with Gasteiger partial charge in [0.25, 0.3) is 5.91 Å². The van der Waals surface area contributed by atoms with Gasteiger partial charge >= 0.3 is 5.97 Å². The fourth-order valence-corrected chi connectivity index (χ4v) is 2.81. The van der Waals surface area contributed by atoms with Crippen LogP contribution in [0.25, 0.3) is 11.0 Å². The molecule has 1 amide bonds. The molecule has 1 heterocycles. The largest absolute Gasteiger partial charge is 0.481 e. The first-order valence-corrected chi connectivity index (χ1v) is 8.14. The first-order valence-electron chi connectivity index (χ1n) is 7.35. The van der Waals surface area contributed by atoms with Crippen molar-refractivity contribution in [2.24, 2.45) is 0 Å². The molecule has 25 heavy (non-hydrogen) atoms. The highest BCUT2D eigenvalue weighted by Gasteiger charge is 2.21. The fourth-order valence-electron chi connectivity index (χ4n) is 2.55. The first-order chi connectivity index (χ1) is 11.9. The molecular formula is C17H13BrFN3O3. The van der Waals surface area contributed by atoms with Crippen LogP contribution in [0.2, 0.25) is 0 Å². The fraction of sp³-hybridized carbons (Fsp3) is 0.118. The number of carbonyl (C=O) groups excluding carboxylic acids is 1. The number of aromatic nitrogens is 2. The van der Waals surface area contributed by atoms with Crippen LogP contribution in [-0.4, -0.2) is 27.0 Å². The predicted octanol–water partition coefficient (Wildman–Crippen LogP) is 3.41. The number of amides is 1. The highest BCUT2D eigenvalue weighted by Crippen LogP contribution is 2.22. The number of H-pyrrole nitrogens is 1. The van der Waals surface area contributed by atoms with Crippen LogP contribution in [0.4, 0.5) is 4.39 Å². The van der Waals surface area contributed by atoms with E-state index in [0.717, 1.165) is 10.5 Å². The molecule has 0 aliphatic heterocycles. The van der Waals surface area contributed by atoms with Gasteiger partial charge in [0.05, 0.1) is 29.9 Å². The van der Waals surface area contributed by atoms with Crippen molar-refractivity contribution in [1.29, 1.82) is 0 Å². The predicted molar refractivity (Wildman–Crippen MR) is 92.7 cm³/mol. The second-order valence-corrected chi connectivity index (χ2v) is 6.34. The Bertz CT molecular complexity index is 940.